The molecule has 0 saturated carbocycles. The molecule has 1 aliphatic heterocycles. The fourth-order valence-corrected chi connectivity index (χ4v) is 6.34. The van der Waals surface area contributed by atoms with Crippen molar-refractivity contribution in [1.29, 1.82) is 0 Å². The molecular weight excluding hydrogens is 578 g/mol. The average molecular weight is 614 g/mol. The number of carbonyl (C=O) groups is 2. The number of hydrogen-bond donors (Lipinski definition) is 2. The topological polar surface area (TPSA) is 102 Å². The molecule has 44 heavy (non-hydrogen) atoms. The summed E-state index contributed by atoms with van der Waals surface area (Å²) in [6, 6.07) is 8.23. The Morgan fingerprint density at radius 1 is 1.18 bits per heavy atom. The smallest absolute Gasteiger partial charge is 0.343 e. The number of fused-ring (bicyclic) bond motifs is 2. The molecule has 3 heterocycles. The van der Waals surface area contributed by atoms with E-state index < -0.39 is 24.5 Å². The highest BCUT2D eigenvalue weighted by atomic mass is 19.4. The summed E-state index contributed by atoms with van der Waals surface area (Å²) in [7, 11) is 1.39. The van der Waals surface area contributed by atoms with Gasteiger partial charge in [-0.15, -0.1) is 0 Å². The van der Waals surface area contributed by atoms with Crippen molar-refractivity contribution in [1.82, 2.24) is 25.0 Å². The van der Waals surface area contributed by atoms with Crippen LogP contribution in [0.25, 0.3) is 21.8 Å². The summed E-state index contributed by atoms with van der Waals surface area (Å²) in [5.41, 5.74) is 3.44. The molecule has 0 spiro atoms. The number of aromatic nitrogens is 3. The third kappa shape index (κ3) is 6.85. The Morgan fingerprint density at radius 3 is 2.61 bits per heavy atom. The predicted octanol–water partition coefficient (Wildman–Crippen LogP) is 5.25. The van der Waals surface area contributed by atoms with Gasteiger partial charge in [-0.2, -0.15) is 18.3 Å². The number of H-pyrrole nitrogens is 2. The van der Waals surface area contributed by atoms with Crippen molar-refractivity contribution < 1.29 is 27.2 Å². The van der Waals surface area contributed by atoms with Gasteiger partial charge in [0.2, 0.25) is 5.91 Å². The lowest BCUT2D eigenvalue weighted by atomic mass is 9.88. The Morgan fingerprint density at radius 2 is 1.93 bits per heavy atom. The molecule has 0 aliphatic carbocycles. The summed E-state index contributed by atoms with van der Waals surface area (Å²) in [5, 5.41) is 8.38. The molecular formula is C32H35F4N5O3. The molecule has 1 atom stereocenters. The number of rotatable bonds is 10. The summed E-state index contributed by atoms with van der Waals surface area (Å²) >= 11 is 0. The average Bonchev–Trinajstić information content (AvgIpc) is 3.47. The first-order valence-corrected chi connectivity index (χ1v) is 14.7. The minimum atomic E-state index is -4.36. The molecule has 8 nitrogen and oxygen atoms in total. The number of aromatic amines is 2. The van der Waals surface area contributed by atoms with Gasteiger partial charge in [0, 0.05) is 48.3 Å². The second kappa shape index (κ2) is 12.9. The quantitative estimate of drug-likeness (QED) is 0.188. The van der Waals surface area contributed by atoms with Gasteiger partial charge in [-0.1, -0.05) is 25.1 Å². The number of para-hydroxylation sites is 1. The molecule has 1 fully saturated rings. The zero-order valence-electron chi connectivity index (χ0n) is 24.6. The number of benzene rings is 2. The first-order chi connectivity index (χ1) is 21.0. The monoisotopic (exact) mass is 613 g/mol. The highest BCUT2D eigenvalue weighted by Crippen LogP contribution is 2.31. The lowest BCUT2D eigenvalue weighted by molar-refractivity contribution is -0.144. The number of hydrogen-bond acceptors (Lipinski definition) is 5. The number of aldehydes is 1. The van der Waals surface area contributed by atoms with Gasteiger partial charge in [0.05, 0.1) is 23.8 Å². The van der Waals surface area contributed by atoms with Crippen LogP contribution >= 0.6 is 0 Å². The molecule has 4 aromatic rings. The third-order valence-corrected chi connectivity index (χ3v) is 8.54. The van der Waals surface area contributed by atoms with Gasteiger partial charge in [-0.25, -0.2) is 4.39 Å². The second-order valence-electron chi connectivity index (χ2n) is 11.7. The molecule has 0 radical (unpaired) electrons. The van der Waals surface area contributed by atoms with E-state index in [4.69, 9.17) is 0 Å². The molecule has 1 amide bonds. The second-order valence-corrected chi connectivity index (χ2v) is 11.7. The van der Waals surface area contributed by atoms with Gasteiger partial charge in [-0.3, -0.25) is 19.6 Å². The zero-order valence-corrected chi connectivity index (χ0v) is 24.6. The molecule has 12 heteroatoms. The number of aryl methyl sites for hydroxylation is 1. The molecule has 5 rings (SSSR count). The maximum atomic E-state index is 14.1. The van der Waals surface area contributed by atoms with Gasteiger partial charge < -0.3 is 14.7 Å². The lowest BCUT2D eigenvalue weighted by Crippen LogP contribution is -2.39. The first kappa shape index (κ1) is 31.4. The van der Waals surface area contributed by atoms with Gasteiger partial charge in [0.25, 0.3) is 5.56 Å². The van der Waals surface area contributed by atoms with Crippen LogP contribution in [-0.2, 0) is 29.0 Å². The van der Waals surface area contributed by atoms with Crippen LogP contribution in [0.4, 0.5) is 17.6 Å². The normalized spacial score (nSPS) is 15.4. The highest BCUT2D eigenvalue weighted by molar-refractivity contribution is 5.86. The van der Waals surface area contributed by atoms with Gasteiger partial charge in [0.15, 0.2) is 0 Å². The van der Waals surface area contributed by atoms with Crippen molar-refractivity contribution >= 4 is 34.0 Å². The number of nitrogens with zero attached hydrogens (tertiary/aromatic N) is 3. The van der Waals surface area contributed by atoms with E-state index >= 15 is 0 Å². The molecule has 2 aromatic heterocycles. The summed E-state index contributed by atoms with van der Waals surface area (Å²) in [6.07, 6.45) is -0.103. The Labute approximate surface area is 251 Å². The van der Waals surface area contributed by atoms with E-state index in [2.05, 4.69) is 15.2 Å². The maximum Gasteiger partial charge on any atom is 0.401 e. The van der Waals surface area contributed by atoms with Crippen LogP contribution in [0, 0.1) is 11.7 Å². The van der Waals surface area contributed by atoms with Crippen LogP contribution in [0.2, 0.25) is 0 Å². The summed E-state index contributed by atoms with van der Waals surface area (Å²) in [4.78, 5) is 43.8. The molecule has 0 bridgehead atoms. The Bertz CT molecular complexity index is 1720. The van der Waals surface area contributed by atoms with Crippen LogP contribution < -0.4 is 5.56 Å². The zero-order chi connectivity index (χ0) is 31.6. The van der Waals surface area contributed by atoms with E-state index in [0.29, 0.717) is 54.3 Å². The summed E-state index contributed by atoms with van der Waals surface area (Å²) in [6.45, 7) is 1.69. The summed E-state index contributed by atoms with van der Waals surface area (Å²) < 4.78 is 53.4. The Hall–Kier alpha value is -4.06. The SMILES string of the molecule is CCc1cc(C[C@H](C=O)CC(=O)N2CCC(c3cc4cccc(F)c4[nH]c3=O)CC2)c(CN(C)CC(F)(F)F)c2cn[nH]c12. The van der Waals surface area contributed by atoms with E-state index in [0.717, 1.165) is 22.9 Å². The van der Waals surface area contributed by atoms with Crippen LogP contribution in [0.15, 0.2) is 41.3 Å². The molecule has 2 N–H and O–H groups in total. The summed E-state index contributed by atoms with van der Waals surface area (Å²) in [5.74, 6) is -1.44. The number of halogens is 4. The standard InChI is InChI=1S/C32H35F4N5O3/c1-3-20-13-23(26(25-15-37-39-29(20)25)16-40(2)18-32(34,35)36)11-19(17-42)12-28(43)41-9-7-21(8-10-41)24-14-22-5-4-6-27(33)30(22)38-31(24)44/h4-6,13-15,17,19,21H,3,7-12,16,18H2,1-2H3,(H,37,39)(H,38,44)/t19-/m0/s1. The predicted molar refractivity (Wildman–Crippen MR) is 159 cm³/mol. The number of amides is 1. The first-order valence-electron chi connectivity index (χ1n) is 14.7. The van der Waals surface area contributed by atoms with Crippen LogP contribution in [0.5, 0.6) is 0 Å². The lowest BCUT2D eigenvalue weighted by Gasteiger charge is -2.32. The van der Waals surface area contributed by atoms with Crippen LogP contribution in [0.3, 0.4) is 0 Å². The van der Waals surface area contributed by atoms with Gasteiger partial charge >= 0.3 is 6.18 Å². The molecule has 2 aromatic carbocycles. The molecule has 1 aliphatic rings. The van der Waals surface area contributed by atoms with E-state index in [1.165, 1.54) is 18.0 Å². The number of carbonyl (C=O) groups excluding carboxylic acids is 2. The molecule has 234 valence electrons. The highest BCUT2D eigenvalue weighted by Gasteiger charge is 2.31. The maximum absolute atomic E-state index is 14.1. The fourth-order valence-electron chi connectivity index (χ4n) is 6.34. The van der Waals surface area contributed by atoms with Crippen molar-refractivity contribution in [3.05, 3.63) is 75.0 Å². The van der Waals surface area contributed by atoms with Crippen molar-refractivity contribution in [2.24, 2.45) is 5.92 Å². The minimum absolute atomic E-state index is 0.00243. The number of likely N-dealkylation sites (tertiary alicyclic amines) is 1. The Balaban J connectivity index is 1.28. The number of nitrogens with one attached hydrogen (secondary N) is 2. The van der Waals surface area contributed by atoms with E-state index in [1.54, 1.807) is 29.3 Å². The van der Waals surface area contributed by atoms with Crippen molar-refractivity contribution in [2.75, 3.05) is 26.7 Å². The van der Waals surface area contributed by atoms with Gasteiger partial charge in [0.1, 0.15) is 12.1 Å². The van der Waals surface area contributed by atoms with Crippen molar-refractivity contribution in [3.63, 3.8) is 0 Å². The number of piperidine rings is 1. The van der Waals surface area contributed by atoms with Crippen molar-refractivity contribution in [3.8, 4) is 0 Å². The Kier molecular flexibility index (Phi) is 9.19. The van der Waals surface area contributed by atoms with Crippen molar-refractivity contribution in [2.45, 2.75) is 57.7 Å². The largest absolute Gasteiger partial charge is 0.401 e. The third-order valence-electron chi connectivity index (χ3n) is 8.54. The fraction of sp³-hybridized carbons (Fsp3) is 0.438. The van der Waals surface area contributed by atoms with E-state index in [1.807, 2.05) is 13.0 Å². The van der Waals surface area contributed by atoms with E-state index in [9.17, 15) is 31.9 Å². The number of pyridine rings is 1. The van der Waals surface area contributed by atoms with Gasteiger partial charge in [-0.05, 0) is 67.5 Å². The molecule has 0 unspecified atom stereocenters. The van der Waals surface area contributed by atoms with Crippen LogP contribution in [-0.4, -0.2) is 70.0 Å². The van der Waals surface area contributed by atoms with Crippen LogP contribution in [0.1, 0.15) is 54.4 Å². The van der Waals surface area contributed by atoms with E-state index in [-0.39, 0.29) is 42.3 Å². The number of alkyl halides is 3. The molecule has 1 saturated heterocycles. The minimum Gasteiger partial charge on any atom is -0.343 e.